The van der Waals surface area contributed by atoms with Crippen molar-refractivity contribution in [3.63, 3.8) is 0 Å². The van der Waals surface area contributed by atoms with E-state index in [2.05, 4.69) is 13.0 Å². The van der Waals surface area contributed by atoms with Crippen LogP contribution in [0, 0.1) is 0 Å². The van der Waals surface area contributed by atoms with E-state index in [0.717, 1.165) is 6.42 Å². The van der Waals surface area contributed by atoms with Gasteiger partial charge in [-0.2, -0.15) is 0 Å². The number of aliphatic hydroxyl groups excluding tert-OH is 2. The van der Waals surface area contributed by atoms with Crippen LogP contribution in [0.1, 0.15) is 71.1 Å². The maximum absolute atomic E-state index is 11.2. The molecule has 25 heavy (non-hydrogen) atoms. The SMILES string of the molecule is CCCCCCCCCCCC=CC=CC=CC(=O)OCC(O)CO. The molecule has 0 rings (SSSR count). The fourth-order valence-electron chi connectivity index (χ4n) is 2.29. The van der Waals surface area contributed by atoms with Crippen molar-refractivity contribution in [3.8, 4) is 0 Å². The van der Waals surface area contributed by atoms with Crippen LogP contribution in [0.5, 0.6) is 0 Å². The van der Waals surface area contributed by atoms with E-state index in [1.807, 2.05) is 12.2 Å². The van der Waals surface area contributed by atoms with Crippen LogP contribution in [0.2, 0.25) is 0 Å². The van der Waals surface area contributed by atoms with Gasteiger partial charge in [0.05, 0.1) is 6.61 Å². The molecule has 0 radical (unpaired) electrons. The van der Waals surface area contributed by atoms with Crippen LogP contribution < -0.4 is 0 Å². The maximum atomic E-state index is 11.2. The van der Waals surface area contributed by atoms with E-state index in [1.54, 1.807) is 12.2 Å². The molecule has 2 N–H and O–H groups in total. The average Bonchev–Trinajstić information content (AvgIpc) is 2.62. The number of carbonyl (C=O) groups is 1. The van der Waals surface area contributed by atoms with E-state index >= 15 is 0 Å². The van der Waals surface area contributed by atoms with Gasteiger partial charge in [-0.25, -0.2) is 4.79 Å². The van der Waals surface area contributed by atoms with Crippen LogP contribution in [0.4, 0.5) is 0 Å². The molecule has 0 saturated carbocycles. The molecular weight excluding hydrogens is 316 g/mol. The van der Waals surface area contributed by atoms with Gasteiger partial charge in [-0.3, -0.25) is 0 Å². The molecule has 0 saturated heterocycles. The van der Waals surface area contributed by atoms with Crippen molar-refractivity contribution in [1.82, 2.24) is 0 Å². The van der Waals surface area contributed by atoms with Crippen molar-refractivity contribution in [2.24, 2.45) is 0 Å². The van der Waals surface area contributed by atoms with Crippen LogP contribution >= 0.6 is 0 Å². The van der Waals surface area contributed by atoms with Crippen molar-refractivity contribution < 1.29 is 19.7 Å². The first-order valence-corrected chi connectivity index (χ1v) is 9.66. The molecule has 1 atom stereocenters. The van der Waals surface area contributed by atoms with E-state index in [-0.39, 0.29) is 6.61 Å². The van der Waals surface area contributed by atoms with Gasteiger partial charge < -0.3 is 14.9 Å². The Bertz CT molecular complexity index is 385. The summed E-state index contributed by atoms with van der Waals surface area (Å²) in [5.41, 5.74) is 0. The zero-order valence-corrected chi connectivity index (χ0v) is 15.7. The first-order valence-electron chi connectivity index (χ1n) is 9.66. The summed E-state index contributed by atoms with van der Waals surface area (Å²) in [7, 11) is 0. The lowest BCUT2D eigenvalue weighted by atomic mass is 10.1. The minimum absolute atomic E-state index is 0.192. The Labute approximate surface area is 153 Å². The van der Waals surface area contributed by atoms with Gasteiger partial charge >= 0.3 is 5.97 Å². The molecule has 0 aromatic heterocycles. The van der Waals surface area contributed by atoms with Crippen LogP contribution in [0.3, 0.4) is 0 Å². The van der Waals surface area contributed by atoms with Crippen molar-refractivity contribution in [1.29, 1.82) is 0 Å². The van der Waals surface area contributed by atoms with E-state index in [4.69, 9.17) is 14.9 Å². The molecule has 0 spiro atoms. The lowest BCUT2D eigenvalue weighted by Crippen LogP contribution is -2.21. The highest BCUT2D eigenvalue weighted by Crippen LogP contribution is 2.10. The second-order valence-electron chi connectivity index (χ2n) is 6.26. The zero-order valence-electron chi connectivity index (χ0n) is 15.7. The molecule has 0 aliphatic rings. The van der Waals surface area contributed by atoms with E-state index < -0.39 is 18.7 Å². The lowest BCUT2D eigenvalue weighted by Gasteiger charge is -2.05. The second kappa shape index (κ2) is 18.9. The molecular formula is C21H36O4. The first-order chi connectivity index (χ1) is 12.2. The molecule has 1 unspecified atom stereocenters. The van der Waals surface area contributed by atoms with E-state index in [1.165, 1.54) is 63.9 Å². The Kier molecular flexibility index (Phi) is 17.9. The van der Waals surface area contributed by atoms with Gasteiger partial charge in [-0.1, -0.05) is 88.7 Å². The number of hydrogen-bond donors (Lipinski definition) is 2. The summed E-state index contributed by atoms with van der Waals surface area (Å²) in [6, 6.07) is 0. The Morgan fingerprint density at radius 1 is 0.920 bits per heavy atom. The molecule has 0 fully saturated rings. The molecule has 0 aromatic rings. The van der Waals surface area contributed by atoms with Crippen LogP contribution in [-0.2, 0) is 9.53 Å². The predicted molar refractivity (Wildman–Crippen MR) is 103 cm³/mol. The van der Waals surface area contributed by atoms with Gasteiger partial charge in [0.15, 0.2) is 0 Å². The maximum Gasteiger partial charge on any atom is 0.330 e. The Morgan fingerprint density at radius 3 is 2.16 bits per heavy atom. The largest absolute Gasteiger partial charge is 0.460 e. The number of unbranched alkanes of at least 4 members (excludes halogenated alkanes) is 9. The third-order valence-electron chi connectivity index (χ3n) is 3.80. The van der Waals surface area contributed by atoms with Gasteiger partial charge in [0, 0.05) is 6.08 Å². The third-order valence-corrected chi connectivity index (χ3v) is 3.80. The highest BCUT2D eigenvalue weighted by Gasteiger charge is 2.03. The molecule has 0 aromatic carbocycles. The highest BCUT2D eigenvalue weighted by molar-refractivity contribution is 5.82. The summed E-state index contributed by atoms with van der Waals surface area (Å²) in [5, 5.41) is 17.6. The standard InChI is InChI=1S/C21H36O4/c1-2-3-4-5-6-7-8-9-10-11-12-13-14-15-16-17-21(24)25-19-20(23)18-22/h12-17,20,22-23H,2-11,18-19H2,1H3. The smallest absolute Gasteiger partial charge is 0.330 e. The Hall–Kier alpha value is -1.39. The molecule has 0 bridgehead atoms. The summed E-state index contributed by atoms with van der Waals surface area (Å²) in [6.07, 6.45) is 22.8. The molecule has 0 aliphatic heterocycles. The van der Waals surface area contributed by atoms with Crippen molar-refractivity contribution in [2.75, 3.05) is 13.2 Å². The van der Waals surface area contributed by atoms with E-state index in [0.29, 0.717) is 0 Å². The third kappa shape index (κ3) is 18.8. The van der Waals surface area contributed by atoms with Gasteiger partial charge in [0.25, 0.3) is 0 Å². The Morgan fingerprint density at radius 2 is 1.52 bits per heavy atom. The normalized spacial score (nSPS) is 13.2. The quantitative estimate of drug-likeness (QED) is 0.186. The first kappa shape index (κ1) is 23.6. The van der Waals surface area contributed by atoms with Gasteiger partial charge in [-0.05, 0) is 12.8 Å². The van der Waals surface area contributed by atoms with Crippen molar-refractivity contribution in [2.45, 2.75) is 77.2 Å². The van der Waals surface area contributed by atoms with Crippen molar-refractivity contribution >= 4 is 5.97 Å². The number of ether oxygens (including phenoxy) is 1. The number of rotatable bonds is 16. The fourth-order valence-corrected chi connectivity index (χ4v) is 2.29. The van der Waals surface area contributed by atoms with Crippen LogP contribution in [0.15, 0.2) is 36.5 Å². The number of hydrogen-bond acceptors (Lipinski definition) is 4. The molecule has 0 heterocycles. The number of carbonyl (C=O) groups excluding carboxylic acids is 1. The van der Waals surface area contributed by atoms with Crippen LogP contribution in [0.25, 0.3) is 0 Å². The summed E-state index contributed by atoms with van der Waals surface area (Å²) in [6.45, 7) is 1.64. The summed E-state index contributed by atoms with van der Waals surface area (Å²) < 4.78 is 4.73. The molecule has 4 heteroatoms. The molecule has 0 amide bonds. The number of esters is 1. The summed E-state index contributed by atoms with van der Waals surface area (Å²) >= 11 is 0. The van der Waals surface area contributed by atoms with Crippen LogP contribution in [-0.4, -0.2) is 35.5 Å². The van der Waals surface area contributed by atoms with E-state index in [9.17, 15) is 4.79 Å². The monoisotopic (exact) mass is 352 g/mol. The lowest BCUT2D eigenvalue weighted by molar-refractivity contribution is -0.141. The number of allylic oxidation sites excluding steroid dienone is 5. The minimum Gasteiger partial charge on any atom is -0.460 e. The highest BCUT2D eigenvalue weighted by atomic mass is 16.5. The summed E-state index contributed by atoms with van der Waals surface area (Å²) in [5.74, 6) is -0.532. The average molecular weight is 353 g/mol. The zero-order chi connectivity index (χ0) is 18.6. The number of aliphatic hydroxyl groups is 2. The predicted octanol–water partition coefficient (Wildman–Crippen LogP) is 4.47. The molecule has 144 valence electrons. The Balaban J connectivity index is 3.48. The fraction of sp³-hybridized carbons (Fsp3) is 0.667. The van der Waals surface area contributed by atoms with Crippen molar-refractivity contribution in [3.05, 3.63) is 36.5 Å². The minimum atomic E-state index is -1.02. The molecule has 0 aliphatic carbocycles. The summed E-state index contributed by atoms with van der Waals surface area (Å²) in [4.78, 5) is 11.2. The molecule has 4 nitrogen and oxygen atoms in total. The van der Waals surface area contributed by atoms with Gasteiger partial charge in [0.2, 0.25) is 0 Å². The topological polar surface area (TPSA) is 66.8 Å². The van der Waals surface area contributed by atoms with Gasteiger partial charge in [0.1, 0.15) is 12.7 Å². The second-order valence-corrected chi connectivity index (χ2v) is 6.26. The van der Waals surface area contributed by atoms with Gasteiger partial charge in [-0.15, -0.1) is 0 Å².